The van der Waals surface area contributed by atoms with Gasteiger partial charge in [0.1, 0.15) is 5.75 Å². The summed E-state index contributed by atoms with van der Waals surface area (Å²) in [5.74, 6) is 0.664. The number of aromatic nitrogens is 1. The Morgan fingerprint density at radius 2 is 1.77 bits per heavy atom. The standard InChI is InChI=1S/C21H23N3O2/c1-2-26-20-13-7-6-12-19(20)23-21(25)22-15-18-11-8-14-24(18)16-17-9-4-3-5-10-17/h3-14H,2,15-16H2,1H3,(H2,22,23,25). The largest absolute Gasteiger partial charge is 0.492 e. The lowest BCUT2D eigenvalue weighted by atomic mass is 10.2. The molecule has 2 aromatic carbocycles. The Kier molecular flexibility index (Phi) is 5.93. The average molecular weight is 349 g/mol. The lowest BCUT2D eigenvalue weighted by Gasteiger charge is -2.13. The number of anilines is 1. The van der Waals surface area contributed by atoms with Gasteiger partial charge in [-0.05, 0) is 36.8 Å². The zero-order chi connectivity index (χ0) is 18.2. The molecule has 0 atom stereocenters. The molecule has 134 valence electrons. The maximum absolute atomic E-state index is 12.2. The molecule has 3 aromatic rings. The predicted molar refractivity (Wildman–Crippen MR) is 103 cm³/mol. The van der Waals surface area contributed by atoms with Gasteiger partial charge in [0, 0.05) is 18.4 Å². The lowest BCUT2D eigenvalue weighted by Crippen LogP contribution is -2.29. The van der Waals surface area contributed by atoms with Gasteiger partial charge < -0.3 is 19.9 Å². The number of urea groups is 1. The number of carbonyl (C=O) groups is 1. The summed E-state index contributed by atoms with van der Waals surface area (Å²) in [7, 11) is 0. The molecule has 0 aliphatic rings. The molecule has 1 heterocycles. The Morgan fingerprint density at radius 3 is 2.58 bits per heavy atom. The molecule has 0 bridgehead atoms. The van der Waals surface area contributed by atoms with Gasteiger partial charge in [-0.25, -0.2) is 4.79 Å². The van der Waals surface area contributed by atoms with Crippen molar-refractivity contribution in [3.8, 4) is 5.75 Å². The third-order valence-corrected chi connectivity index (χ3v) is 3.98. The van der Waals surface area contributed by atoms with Gasteiger partial charge in [-0.3, -0.25) is 0 Å². The van der Waals surface area contributed by atoms with Crippen LogP contribution in [0.2, 0.25) is 0 Å². The van der Waals surface area contributed by atoms with Crippen LogP contribution < -0.4 is 15.4 Å². The first kappa shape index (κ1) is 17.6. The molecule has 3 rings (SSSR count). The summed E-state index contributed by atoms with van der Waals surface area (Å²) in [5, 5.41) is 5.75. The molecule has 0 saturated carbocycles. The number of para-hydroxylation sites is 2. The number of rotatable bonds is 7. The first-order chi connectivity index (χ1) is 12.8. The second-order valence-corrected chi connectivity index (χ2v) is 5.85. The van der Waals surface area contributed by atoms with Gasteiger partial charge in [0.15, 0.2) is 0 Å². The number of hydrogen-bond acceptors (Lipinski definition) is 2. The van der Waals surface area contributed by atoms with Crippen LogP contribution in [0.3, 0.4) is 0 Å². The average Bonchev–Trinajstić information content (AvgIpc) is 3.10. The van der Waals surface area contributed by atoms with E-state index < -0.39 is 0 Å². The van der Waals surface area contributed by atoms with Gasteiger partial charge >= 0.3 is 6.03 Å². The smallest absolute Gasteiger partial charge is 0.319 e. The summed E-state index contributed by atoms with van der Waals surface area (Å²) in [6.45, 7) is 3.69. The van der Waals surface area contributed by atoms with Crippen molar-refractivity contribution in [3.05, 3.63) is 84.2 Å². The van der Waals surface area contributed by atoms with E-state index in [0.717, 1.165) is 12.2 Å². The first-order valence-corrected chi connectivity index (χ1v) is 8.71. The van der Waals surface area contributed by atoms with Crippen molar-refractivity contribution in [2.75, 3.05) is 11.9 Å². The van der Waals surface area contributed by atoms with Crippen molar-refractivity contribution in [2.45, 2.75) is 20.0 Å². The van der Waals surface area contributed by atoms with Gasteiger partial charge in [-0.15, -0.1) is 0 Å². The number of nitrogens with zero attached hydrogens (tertiary/aromatic N) is 1. The molecule has 0 aliphatic heterocycles. The molecule has 0 aliphatic carbocycles. The minimum Gasteiger partial charge on any atom is -0.492 e. The zero-order valence-corrected chi connectivity index (χ0v) is 14.8. The second-order valence-electron chi connectivity index (χ2n) is 5.85. The van der Waals surface area contributed by atoms with E-state index >= 15 is 0 Å². The molecule has 0 fully saturated rings. The van der Waals surface area contributed by atoms with E-state index in [4.69, 9.17) is 4.74 Å². The Balaban J connectivity index is 1.58. The first-order valence-electron chi connectivity index (χ1n) is 8.71. The fourth-order valence-electron chi connectivity index (χ4n) is 2.73. The normalized spacial score (nSPS) is 10.3. The molecule has 0 radical (unpaired) electrons. The van der Waals surface area contributed by atoms with E-state index in [9.17, 15) is 4.79 Å². The topological polar surface area (TPSA) is 55.3 Å². The van der Waals surface area contributed by atoms with Crippen LogP contribution in [-0.4, -0.2) is 17.2 Å². The molecule has 1 aromatic heterocycles. The Bertz CT molecular complexity index is 843. The second kappa shape index (κ2) is 8.76. The number of ether oxygens (including phenoxy) is 1. The maximum atomic E-state index is 12.2. The summed E-state index contributed by atoms with van der Waals surface area (Å²) in [5.41, 5.74) is 2.92. The monoisotopic (exact) mass is 349 g/mol. The Labute approximate surface area is 153 Å². The van der Waals surface area contributed by atoms with Crippen LogP contribution >= 0.6 is 0 Å². The molecular formula is C21H23N3O2. The highest BCUT2D eigenvalue weighted by Crippen LogP contribution is 2.23. The van der Waals surface area contributed by atoms with Gasteiger partial charge in [0.2, 0.25) is 0 Å². The quantitative estimate of drug-likeness (QED) is 0.670. The molecule has 0 spiro atoms. The maximum Gasteiger partial charge on any atom is 0.319 e. The van der Waals surface area contributed by atoms with E-state index in [1.165, 1.54) is 5.56 Å². The van der Waals surface area contributed by atoms with E-state index in [0.29, 0.717) is 24.6 Å². The van der Waals surface area contributed by atoms with E-state index in [-0.39, 0.29) is 6.03 Å². The fourth-order valence-corrected chi connectivity index (χ4v) is 2.73. The summed E-state index contributed by atoms with van der Waals surface area (Å²) >= 11 is 0. The van der Waals surface area contributed by atoms with Gasteiger partial charge in [0.25, 0.3) is 0 Å². The van der Waals surface area contributed by atoms with Crippen molar-refractivity contribution in [1.29, 1.82) is 0 Å². The third-order valence-electron chi connectivity index (χ3n) is 3.98. The highest BCUT2D eigenvalue weighted by molar-refractivity contribution is 5.90. The molecule has 2 N–H and O–H groups in total. The molecule has 26 heavy (non-hydrogen) atoms. The third kappa shape index (κ3) is 4.66. The van der Waals surface area contributed by atoms with Crippen LogP contribution in [0.1, 0.15) is 18.2 Å². The van der Waals surface area contributed by atoms with Crippen LogP contribution in [-0.2, 0) is 13.1 Å². The van der Waals surface area contributed by atoms with E-state index in [1.54, 1.807) is 0 Å². The van der Waals surface area contributed by atoms with Crippen LogP contribution in [0.5, 0.6) is 5.75 Å². The van der Waals surface area contributed by atoms with Crippen molar-refractivity contribution >= 4 is 11.7 Å². The predicted octanol–water partition coefficient (Wildman–Crippen LogP) is 4.26. The number of carbonyl (C=O) groups excluding carboxylic acids is 1. The number of hydrogen-bond donors (Lipinski definition) is 2. The van der Waals surface area contributed by atoms with E-state index in [1.807, 2.05) is 67.7 Å². The van der Waals surface area contributed by atoms with E-state index in [2.05, 4.69) is 27.3 Å². The van der Waals surface area contributed by atoms with Crippen molar-refractivity contribution in [1.82, 2.24) is 9.88 Å². The highest BCUT2D eigenvalue weighted by Gasteiger charge is 2.08. The van der Waals surface area contributed by atoms with Crippen molar-refractivity contribution in [3.63, 3.8) is 0 Å². The number of amides is 2. The summed E-state index contributed by atoms with van der Waals surface area (Å²) in [4.78, 5) is 12.2. The van der Waals surface area contributed by atoms with Crippen LogP contribution in [0.4, 0.5) is 10.5 Å². The van der Waals surface area contributed by atoms with Gasteiger partial charge in [-0.2, -0.15) is 0 Å². The molecule has 5 nitrogen and oxygen atoms in total. The minimum atomic E-state index is -0.260. The Morgan fingerprint density at radius 1 is 1.00 bits per heavy atom. The van der Waals surface area contributed by atoms with Crippen molar-refractivity contribution < 1.29 is 9.53 Å². The zero-order valence-electron chi connectivity index (χ0n) is 14.8. The number of nitrogens with one attached hydrogen (secondary N) is 2. The Hall–Kier alpha value is -3.21. The van der Waals surface area contributed by atoms with Crippen molar-refractivity contribution in [2.24, 2.45) is 0 Å². The number of benzene rings is 2. The van der Waals surface area contributed by atoms with Crippen LogP contribution in [0.15, 0.2) is 72.9 Å². The highest BCUT2D eigenvalue weighted by atomic mass is 16.5. The molecule has 5 heteroatoms. The summed E-state index contributed by atoms with van der Waals surface area (Å²) in [6, 6.07) is 21.4. The summed E-state index contributed by atoms with van der Waals surface area (Å²) < 4.78 is 7.66. The van der Waals surface area contributed by atoms with Crippen LogP contribution in [0.25, 0.3) is 0 Å². The summed E-state index contributed by atoms with van der Waals surface area (Å²) in [6.07, 6.45) is 2.02. The van der Waals surface area contributed by atoms with Crippen LogP contribution in [0, 0.1) is 0 Å². The molecule has 0 unspecified atom stereocenters. The molecule has 0 saturated heterocycles. The SMILES string of the molecule is CCOc1ccccc1NC(=O)NCc1cccn1Cc1ccccc1. The molecule has 2 amide bonds. The fraction of sp³-hybridized carbons (Fsp3) is 0.190. The van der Waals surface area contributed by atoms with Gasteiger partial charge in [-0.1, -0.05) is 42.5 Å². The molecular weight excluding hydrogens is 326 g/mol. The lowest BCUT2D eigenvalue weighted by molar-refractivity contribution is 0.251. The minimum absolute atomic E-state index is 0.260. The van der Waals surface area contributed by atoms with Gasteiger partial charge in [0.05, 0.1) is 18.8 Å².